The van der Waals surface area contributed by atoms with E-state index < -0.39 is 0 Å². The molecular weight excluding hydrogens is 126 g/mol. The van der Waals surface area contributed by atoms with Crippen LogP contribution in [0.5, 0.6) is 0 Å². The molecule has 0 unspecified atom stereocenters. The van der Waals surface area contributed by atoms with Crippen molar-refractivity contribution in [3.8, 4) is 0 Å². The van der Waals surface area contributed by atoms with Gasteiger partial charge in [-0.3, -0.25) is 0 Å². The summed E-state index contributed by atoms with van der Waals surface area (Å²) in [7, 11) is 0. The third-order valence-electron chi connectivity index (χ3n) is 1.36. The molecule has 2 nitrogen and oxygen atoms in total. The van der Waals surface area contributed by atoms with Gasteiger partial charge in [0, 0.05) is 0 Å². The second-order valence-electron chi connectivity index (χ2n) is 2.13. The molecule has 0 heterocycles. The highest BCUT2D eigenvalue weighted by atomic mass is 16.5. The molecule has 54 valence electrons. The first-order valence-electron chi connectivity index (χ1n) is 3.32. The van der Waals surface area contributed by atoms with Crippen molar-refractivity contribution in [1.29, 1.82) is 0 Å². The second kappa shape index (κ2) is 4.04. The monoisotopic (exact) mass is 136 g/mol. The zero-order valence-corrected chi connectivity index (χ0v) is 5.71. The van der Waals surface area contributed by atoms with E-state index in [0.717, 1.165) is 6.42 Å². The third kappa shape index (κ3) is 2.17. The van der Waals surface area contributed by atoms with Crippen LogP contribution in [0.2, 0.25) is 0 Å². The van der Waals surface area contributed by atoms with Crippen molar-refractivity contribution in [2.45, 2.75) is 6.42 Å². The summed E-state index contributed by atoms with van der Waals surface area (Å²) in [5, 5.41) is 9.85. The minimum absolute atomic E-state index is 0.504. The molecule has 0 amide bonds. The Morgan fingerprint density at radius 1 is 1.20 bits per heavy atom. The average molecular weight is 136 g/mol. The Morgan fingerprint density at radius 2 is 1.90 bits per heavy atom. The van der Waals surface area contributed by atoms with Gasteiger partial charge in [-0.25, -0.2) is 0 Å². The summed E-state index contributed by atoms with van der Waals surface area (Å²) in [5.41, 5.74) is 3.07. The highest BCUT2D eigenvalue weighted by Gasteiger charge is 1.85. The van der Waals surface area contributed by atoms with E-state index in [4.69, 9.17) is 0 Å². The van der Waals surface area contributed by atoms with Crippen LogP contribution in [0.15, 0.2) is 30.3 Å². The van der Waals surface area contributed by atoms with E-state index in [9.17, 15) is 5.21 Å². The quantitative estimate of drug-likeness (QED) is 0.636. The normalized spacial score (nSPS) is 9.70. The molecule has 0 bridgehead atoms. The number of hydrogen-bond donors (Lipinski definition) is 1. The number of hydrogen-bond acceptors (Lipinski definition) is 2. The Labute approximate surface area is 60.5 Å². The molecule has 0 aliphatic carbocycles. The van der Waals surface area contributed by atoms with E-state index in [-0.39, 0.29) is 0 Å². The first kappa shape index (κ1) is 7.25. The molecule has 2 heteroatoms. The van der Waals surface area contributed by atoms with Gasteiger partial charge in [0.2, 0.25) is 0 Å². The molecule has 0 fully saturated rings. The van der Waals surface area contributed by atoms with Crippen molar-refractivity contribution in [1.82, 2.24) is 5.48 Å². The fourth-order valence-corrected chi connectivity index (χ4v) is 0.840. The Kier molecular flexibility index (Phi) is 2.93. The fourth-order valence-electron chi connectivity index (χ4n) is 0.840. The highest BCUT2D eigenvalue weighted by Crippen LogP contribution is 1.97. The summed E-state index contributed by atoms with van der Waals surface area (Å²) in [6.45, 7) is 0.504. The average Bonchev–Trinajstić information content (AvgIpc) is 2.03. The van der Waals surface area contributed by atoms with Gasteiger partial charge in [0.1, 0.15) is 0 Å². The van der Waals surface area contributed by atoms with Gasteiger partial charge < -0.3 is 10.7 Å². The standard InChI is InChI=1S/C8H10NO/c10-9-7-6-8-4-2-1-3-5-8/h1-5,9H,6-7H2/q-1. The van der Waals surface area contributed by atoms with Gasteiger partial charge in [-0.05, 0) is 18.5 Å². The van der Waals surface area contributed by atoms with Crippen molar-refractivity contribution in [2.24, 2.45) is 0 Å². The van der Waals surface area contributed by atoms with Crippen molar-refractivity contribution in [3.05, 3.63) is 41.1 Å². The predicted molar refractivity (Wildman–Crippen MR) is 41.5 cm³/mol. The Bertz CT molecular complexity index is 174. The molecule has 0 atom stereocenters. The molecule has 1 aromatic carbocycles. The second-order valence-corrected chi connectivity index (χ2v) is 2.13. The molecule has 0 saturated heterocycles. The molecule has 10 heavy (non-hydrogen) atoms. The minimum atomic E-state index is 0.504. The van der Waals surface area contributed by atoms with Gasteiger partial charge in [-0.15, -0.1) is 0 Å². The van der Waals surface area contributed by atoms with Gasteiger partial charge in [0.25, 0.3) is 0 Å². The van der Waals surface area contributed by atoms with E-state index in [0.29, 0.717) is 6.54 Å². The first-order valence-corrected chi connectivity index (χ1v) is 3.32. The van der Waals surface area contributed by atoms with E-state index >= 15 is 0 Å². The Morgan fingerprint density at radius 3 is 2.50 bits per heavy atom. The van der Waals surface area contributed by atoms with Crippen molar-refractivity contribution in [3.63, 3.8) is 0 Å². The number of rotatable bonds is 3. The topological polar surface area (TPSA) is 35.1 Å². The van der Waals surface area contributed by atoms with Crippen LogP contribution in [-0.2, 0) is 6.42 Å². The summed E-state index contributed by atoms with van der Waals surface area (Å²) in [6.07, 6.45) is 0.810. The van der Waals surface area contributed by atoms with Gasteiger partial charge in [0.15, 0.2) is 0 Å². The molecule has 0 aromatic heterocycles. The van der Waals surface area contributed by atoms with Crippen molar-refractivity contribution < 1.29 is 0 Å². The smallest absolute Gasteiger partial charge is 0.0128 e. The fraction of sp³-hybridized carbons (Fsp3) is 0.250. The van der Waals surface area contributed by atoms with Gasteiger partial charge in [-0.1, -0.05) is 30.3 Å². The van der Waals surface area contributed by atoms with Crippen molar-refractivity contribution >= 4 is 0 Å². The molecule has 1 rings (SSSR count). The van der Waals surface area contributed by atoms with Crippen LogP contribution >= 0.6 is 0 Å². The molecule has 0 radical (unpaired) electrons. The minimum Gasteiger partial charge on any atom is -0.788 e. The molecule has 0 aliphatic heterocycles. The number of benzene rings is 1. The summed E-state index contributed by atoms with van der Waals surface area (Å²) in [5.74, 6) is 0. The maximum absolute atomic E-state index is 9.85. The molecule has 1 aromatic rings. The summed E-state index contributed by atoms with van der Waals surface area (Å²) >= 11 is 0. The number of nitrogens with one attached hydrogen (secondary N) is 1. The lowest BCUT2D eigenvalue weighted by Crippen LogP contribution is -2.07. The summed E-state index contributed by atoms with van der Waals surface area (Å²) in [4.78, 5) is 0. The van der Waals surface area contributed by atoms with Crippen LogP contribution in [0.4, 0.5) is 0 Å². The lowest BCUT2D eigenvalue weighted by Gasteiger charge is -2.05. The van der Waals surface area contributed by atoms with Gasteiger partial charge >= 0.3 is 0 Å². The van der Waals surface area contributed by atoms with E-state index in [1.807, 2.05) is 35.8 Å². The molecule has 1 N–H and O–H groups in total. The van der Waals surface area contributed by atoms with Crippen LogP contribution in [0.3, 0.4) is 0 Å². The third-order valence-corrected chi connectivity index (χ3v) is 1.36. The van der Waals surface area contributed by atoms with Gasteiger partial charge in [0.05, 0.1) is 0 Å². The maximum Gasteiger partial charge on any atom is -0.0128 e. The van der Waals surface area contributed by atoms with E-state index in [1.54, 1.807) is 0 Å². The van der Waals surface area contributed by atoms with Crippen LogP contribution in [0, 0.1) is 5.21 Å². The lowest BCUT2D eigenvalue weighted by molar-refractivity contribution is 0.836. The molecule has 0 saturated carbocycles. The highest BCUT2D eigenvalue weighted by molar-refractivity contribution is 5.14. The molecule has 0 aliphatic rings. The largest absolute Gasteiger partial charge is 0.788 e. The Balaban J connectivity index is 2.43. The number of hydroxylamine groups is 1. The predicted octanol–water partition coefficient (Wildman–Crippen LogP) is 1.32. The first-order chi connectivity index (χ1) is 4.93. The van der Waals surface area contributed by atoms with Crippen LogP contribution in [-0.4, -0.2) is 6.54 Å². The SMILES string of the molecule is [O-]NCCc1ccccc1. The van der Waals surface area contributed by atoms with Crippen LogP contribution in [0.1, 0.15) is 5.56 Å². The van der Waals surface area contributed by atoms with Crippen LogP contribution < -0.4 is 5.48 Å². The van der Waals surface area contributed by atoms with Crippen molar-refractivity contribution in [2.75, 3.05) is 6.54 Å². The van der Waals surface area contributed by atoms with Gasteiger partial charge in [-0.2, -0.15) is 0 Å². The maximum atomic E-state index is 9.85. The zero-order chi connectivity index (χ0) is 7.23. The lowest BCUT2D eigenvalue weighted by atomic mass is 10.2. The molecule has 0 spiro atoms. The van der Waals surface area contributed by atoms with E-state index in [2.05, 4.69) is 0 Å². The Hall–Kier alpha value is -0.860. The van der Waals surface area contributed by atoms with Crippen LogP contribution in [0.25, 0.3) is 0 Å². The zero-order valence-electron chi connectivity index (χ0n) is 5.71. The summed E-state index contributed by atoms with van der Waals surface area (Å²) < 4.78 is 0. The molecular formula is C8H10NO-. The van der Waals surface area contributed by atoms with E-state index in [1.165, 1.54) is 5.56 Å². The summed E-state index contributed by atoms with van der Waals surface area (Å²) in [6, 6.07) is 9.93.